The van der Waals surface area contributed by atoms with Crippen LogP contribution in [0.1, 0.15) is 54.1 Å². The van der Waals surface area contributed by atoms with Gasteiger partial charge in [-0.15, -0.1) is 0 Å². The van der Waals surface area contributed by atoms with Crippen molar-refractivity contribution in [1.29, 1.82) is 0 Å². The zero-order valence-electron chi connectivity index (χ0n) is 24.2. The third kappa shape index (κ3) is 5.24. The molecule has 1 aliphatic carbocycles. The van der Waals surface area contributed by atoms with Crippen molar-refractivity contribution >= 4 is 50.2 Å². The van der Waals surface area contributed by atoms with Crippen LogP contribution in [-0.4, -0.2) is 59.3 Å². The van der Waals surface area contributed by atoms with Crippen molar-refractivity contribution < 1.29 is 27.6 Å². The Balaban J connectivity index is 1.37. The van der Waals surface area contributed by atoms with Crippen molar-refractivity contribution in [2.24, 2.45) is 5.41 Å². The lowest BCUT2D eigenvalue weighted by Crippen LogP contribution is -2.47. The molecule has 2 fully saturated rings. The molecule has 0 bridgehead atoms. The van der Waals surface area contributed by atoms with E-state index in [1.165, 1.54) is 30.3 Å². The van der Waals surface area contributed by atoms with Crippen molar-refractivity contribution in [3.8, 4) is 11.1 Å². The number of benzene rings is 1. The SMILES string of the molecule is CC(=O)c1c2cc(-c3cnc(C)nc3)cc(C(F)(F)F)c2nn1CC(=O)N1C(C(=O)Nc2nc(Br)ccc2C)C[C@@]2(C)C[C@@H]12. The minimum atomic E-state index is -4.80. The lowest BCUT2D eigenvalue weighted by atomic mass is 10.00. The number of alkyl halides is 3. The molecular weight excluding hydrogens is 643 g/mol. The number of amides is 2. The quantitative estimate of drug-likeness (QED) is 0.212. The fourth-order valence-electron chi connectivity index (χ4n) is 6.04. The van der Waals surface area contributed by atoms with E-state index in [-0.39, 0.29) is 28.1 Å². The Morgan fingerprint density at radius 3 is 2.45 bits per heavy atom. The second kappa shape index (κ2) is 10.5. The van der Waals surface area contributed by atoms with Gasteiger partial charge in [0.25, 0.3) is 0 Å². The first-order valence-electron chi connectivity index (χ1n) is 13.8. The predicted octanol–water partition coefficient (Wildman–Crippen LogP) is 5.51. The van der Waals surface area contributed by atoms with Gasteiger partial charge >= 0.3 is 6.18 Å². The van der Waals surface area contributed by atoms with Crippen LogP contribution in [0, 0.1) is 19.3 Å². The van der Waals surface area contributed by atoms with Crippen LogP contribution in [0.2, 0.25) is 0 Å². The second-order valence-corrected chi connectivity index (χ2v) is 12.5. The van der Waals surface area contributed by atoms with E-state index in [1.54, 1.807) is 26.0 Å². The molecule has 0 spiro atoms. The van der Waals surface area contributed by atoms with E-state index in [1.807, 2.05) is 6.92 Å². The highest BCUT2D eigenvalue weighted by Gasteiger charge is 2.64. The number of nitrogens with zero attached hydrogens (tertiary/aromatic N) is 6. The molecule has 4 aromatic rings. The average Bonchev–Trinajstić information content (AvgIpc) is 3.30. The van der Waals surface area contributed by atoms with E-state index in [0.717, 1.165) is 16.3 Å². The van der Waals surface area contributed by atoms with Gasteiger partial charge in [0, 0.05) is 36.3 Å². The van der Waals surface area contributed by atoms with E-state index < -0.39 is 47.4 Å². The molecule has 2 aliphatic rings. The number of pyridine rings is 1. The first kappa shape index (κ1) is 29.9. The van der Waals surface area contributed by atoms with Gasteiger partial charge < -0.3 is 10.2 Å². The van der Waals surface area contributed by atoms with Gasteiger partial charge in [0.2, 0.25) is 11.8 Å². The van der Waals surface area contributed by atoms with E-state index in [9.17, 15) is 27.6 Å². The van der Waals surface area contributed by atoms with Crippen molar-refractivity contribution in [3.63, 3.8) is 0 Å². The lowest BCUT2D eigenvalue weighted by Gasteiger charge is -2.27. The molecule has 1 saturated carbocycles. The maximum Gasteiger partial charge on any atom is 0.418 e. The highest BCUT2D eigenvalue weighted by Crippen LogP contribution is 2.59. The molecule has 14 heteroatoms. The number of fused-ring (bicyclic) bond motifs is 2. The number of anilines is 1. The van der Waals surface area contributed by atoms with Crippen molar-refractivity contribution in [3.05, 3.63) is 63.9 Å². The number of hydrogen-bond acceptors (Lipinski definition) is 7. The van der Waals surface area contributed by atoms with E-state index in [2.05, 4.69) is 41.3 Å². The van der Waals surface area contributed by atoms with Gasteiger partial charge in [-0.1, -0.05) is 13.0 Å². The monoisotopic (exact) mass is 669 g/mol. The predicted molar refractivity (Wildman–Crippen MR) is 158 cm³/mol. The summed E-state index contributed by atoms with van der Waals surface area (Å²) in [5.41, 5.74) is -0.680. The standard InChI is InChI=1S/C30H27BrF3N7O3/c1-14-5-6-23(31)37-27(14)38-28(44)21-9-29(4)10-22(29)41(21)24(43)13-40-26(15(2)42)19-7-17(18-11-35-16(3)36-12-18)8-20(25(19)39-40)30(32,33)34/h5-8,11-12,21-22H,9-10,13H2,1-4H3,(H,37,38,44)/t21?,22-,29+/m1/s1. The minimum Gasteiger partial charge on any atom is -0.325 e. The smallest absolute Gasteiger partial charge is 0.325 e. The molecule has 1 aliphatic heterocycles. The normalized spacial score (nSPS) is 21.0. The Kier molecular flexibility index (Phi) is 7.10. The first-order chi connectivity index (χ1) is 20.7. The number of carbonyl (C=O) groups is 3. The largest absolute Gasteiger partial charge is 0.418 e. The van der Waals surface area contributed by atoms with E-state index in [0.29, 0.717) is 34.7 Å². The Labute approximate surface area is 258 Å². The maximum atomic E-state index is 14.3. The number of carbonyl (C=O) groups excluding carboxylic acids is 3. The number of likely N-dealkylation sites (tertiary alicyclic amines) is 1. The number of nitrogens with one attached hydrogen (secondary N) is 1. The fraction of sp³-hybridized carbons (Fsp3) is 0.367. The number of ketones is 1. The molecule has 1 unspecified atom stereocenters. The van der Waals surface area contributed by atoms with Gasteiger partial charge in [-0.3, -0.25) is 19.1 Å². The summed E-state index contributed by atoms with van der Waals surface area (Å²) in [4.78, 5) is 54.1. The third-order valence-corrected chi connectivity index (χ3v) is 8.85. The van der Waals surface area contributed by atoms with Crippen LogP contribution >= 0.6 is 15.9 Å². The molecule has 1 saturated heterocycles. The van der Waals surface area contributed by atoms with Crippen LogP contribution in [0.15, 0.2) is 41.3 Å². The number of rotatable bonds is 6. The average molecular weight is 670 g/mol. The number of hydrogen-bond donors (Lipinski definition) is 1. The van der Waals surface area contributed by atoms with Crippen molar-refractivity contribution in [2.45, 2.75) is 65.3 Å². The Morgan fingerprint density at radius 1 is 1.09 bits per heavy atom. The summed E-state index contributed by atoms with van der Waals surface area (Å²) < 4.78 is 44.5. The maximum absolute atomic E-state index is 14.3. The molecule has 44 heavy (non-hydrogen) atoms. The van der Waals surface area contributed by atoms with Crippen molar-refractivity contribution in [1.82, 2.24) is 29.6 Å². The number of aromatic nitrogens is 5. The molecule has 0 radical (unpaired) electrons. The number of aryl methyl sites for hydroxylation is 2. The van der Waals surface area contributed by atoms with Gasteiger partial charge in [0.15, 0.2) is 5.78 Å². The number of halogens is 4. The van der Waals surface area contributed by atoms with Gasteiger partial charge in [-0.25, -0.2) is 15.0 Å². The van der Waals surface area contributed by atoms with Crippen molar-refractivity contribution in [2.75, 3.05) is 5.32 Å². The van der Waals surface area contributed by atoms with Gasteiger partial charge in [-0.05, 0) is 77.4 Å². The molecule has 10 nitrogen and oxygen atoms in total. The highest BCUT2D eigenvalue weighted by molar-refractivity contribution is 9.10. The highest BCUT2D eigenvalue weighted by atomic mass is 79.9. The topological polar surface area (TPSA) is 123 Å². The summed E-state index contributed by atoms with van der Waals surface area (Å²) in [6.07, 6.45) is -0.882. The Morgan fingerprint density at radius 2 is 1.80 bits per heavy atom. The summed E-state index contributed by atoms with van der Waals surface area (Å²) >= 11 is 3.30. The minimum absolute atomic E-state index is 0.0427. The molecule has 1 aromatic carbocycles. The molecule has 3 aromatic heterocycles. The summed E-state index contributed by atoms with van der Waals surface area (Å²) in [6.45, 7) is 6.13. The zero-order valence-corrected chi connectivity index (χ0v) is 25.7. The van der Waals surface area contributed by atoms with Crippen LogP contribution in [0.25, 0.3) is 22.0 Å². The zero-order chi connectivity index (χ0) is 31.7. The third-order valence-electron chi connectivity index (χ3n) is 8.41. The molecule has 228 valence electrons. The molecule has 4 heterocycles. The summed E-state index contributed by atoms with van der Waals surface area (Å²) in [7, 11) is 0. The summed E-state index contributed by atoms with van der Waals surface area (Å²) in [5, 5.41) is 6.93. The van der Waals surface area contributed by atoms with Gasteiger partial charge in [0.1, 0.15) is 40.0 Å². The van der Waals surface area contributed by atoms with Crippen LogP contribution < -0.4 is 5.32 Å². The Hall–Kier alpha value is -4.20. The molecule has 2 amide bonds. The summed E-state index contributed by atoms with van der Waals surface area (Å²) in [6, 6.07) is 4.87. The Bertz CT molecular complexity index is 1860. The number of Topliss-reactive ketones (excluding diaryl/α,β-unsaturated/α-hetero) is 1. The number of piperidine rings is 1. The first-order valence-corrected chi connectivity index (χ1v) is 14.6. The van der Waals surface area contributed by atoms with Crippen LogP contribution in [0.3, 0.4) is 0 Å². The van der Waals surface area contributed by atoms with Gasteiger partial charge in [0.05, 0.1) is 5.56 Å². The van der Waals surface area contributed by atoms with Gasteiger partial charge in [-0.2, -0.15) is 18.3 Å². The van der Waals surface area contributed by atoms with Crippen LogP contribution in [-0.2, 0) is 22.3 Å². The molecule has 6 rings (SSSR count). The summed E-state index contributed by atoms with van der Waals surface area (Å²) in [5.74, 6) is -0.693. The molecular formula is C30H27BrF3N7O3. The second-order valence-electron chi connectivity index (χ2n) is 11.7. The molecule has 3 atom stereocenters. The van der Waals surface area contributed by atoms with Crippen LogP contribution in [0.5, 0.6) is 0 Å². The van der Waals surface area contributed by atoms with Crippen LogP contribution in [0.4, 0.5) is 19.0 Å². The van der Waals surface area contributed by atoms with E-state index >= 15 is 0 Å². The lowest BCUT2D eigenvalue weighted by molar-refractivity contribution is -0.138. The fourth-order valence-corrected chi connectivity index (χ4v) is 6.35. The molecule has 1 N–H and O–H groups in total. The van der Waals surface area contributed by atoms with E-state index in [4.69, 9.17) is 0 Å².